The second-order valence-electron chi connectivity index (χ2n) is 5.67. The molecule has 3 N–H and O–H groups in total. The lowest BCUT2D eigenvalue weighted by molar-refractivity contribution is -0.183. The van der Waals surface area contributed by atoms with Gasteiger partial charge in [0.05, 0.1) is 25.2 Å². The standard InChI is InChI=1S/C15H21N3O8/c1-9(2-4-16)24-7-23-8-25-13-12(21)10(6-19)26-14(13)18-5-3-11(20)17-15(18)22/h3,5,9-10,12-14,19,21H,2,6-8H2,1H3,(H,17,20,22)/t9?,10?,12?,13-,14?/m0/s1. The van der Waals surface area contributed by atoms with Gasteiger partial charge in [-0.2, -0.15) is 5.26 Å². The molecule has 4 unspecified atom stereocenters. The molecular formula is C15H21N3O8. The zero-order chi connectivity index (χ0) is 19.1. The highest BCUT2D eigenvalue weighted by Crippen LogP contribution is 2.30. The van der Waals surface area contributed by atoms with Crippen LogP contribution in [0.25, 0.3) is 0 Å². The predicted molar refractivity (Wildman–Crippen MR) is 84.8 cm³/mol. The number of aromatic amines is 1. The molecule has 144 valence electrons. The van der Waals surface area contributed by atoms with E-state index >= 15 is 0 Å². The van der Waals surface area contributed by atoms with Crippen LogP contribution in [0.15, 0.2) is 21.9 Å². The molecule has 1 aliphatic rings. The summed E-state index contributed by atoms with van der Waals surface area (Å²) in [5.74, 6) is 0. The molecule has 1 fully saturated rings. The molecule has 5 atom stereocenters. The quantitative estimate of drug-likeness (QED) is 0.344. The molecule has 1 aromatic rings. The molecular weight excluding hydrogens is 350 g/mol. The second kappa shape index (κ2) is 9.58. The summed E-state index contributed by atoms with van der Waals surface area (Å²) in [6.45, 7) is 0.827. The lowest BCUT2D eigenvalue weighted by Crippen LogP contribution is -2.39. The normalized spacial score (nSPS) is 26.5. The Hall–Kier alpha value is -2.07. The maximum Gasteiger partial charge on any atom is 0.330 e. The zero-order valence-corrected chi connectivity index (χ0v) is 14.1. The summed E-state index contributed by atoms with van der Waals surface area (Å²) in [6, 6.07) is 3.09. The summed E-state index contributed by atoms with van der Waals surface area (Å²) in [5.41, 5.74) is -1.32. The van der Waals surface area contributed by atoms with Crippen molar-refractivity contribution in [3.63, 3.8) is 0 Å². The SMILES string of the molecule is CC(CC#N)OCOCO[C@H]1C(O)C(CO)OC1n1ccc(=O)[nH]c1=O. The van der Waals surface area contributed by atoms with Crippen LogP contribution in [0.5, 0.6) is 0 Å². The number of rotatable bonds is 9. The first-order valence-corrected chi connectivity index (χ1v) is 7.91. The molecule has 11 nitrogen and oxygen atoms in total. The van der Waals surface area contributed by atoms with Gasteiger partial charge in [0.1, 0.15) is 31.9 Å². The molecule has 2 heterocycles. The highest BCUT2D eigenvalue weighted by Gasteiger charge is 2.45. The zero-order valence-electron chi connectivity index (χ0n) is 14.1. The van der Waals surface area contributed by atoms with Gasteiger partial charge in [0.25, 0.3) is 5.56 Å². The number of aliphatic hydroxyl groups excluding tert-OH is 2. The van der Waals surface area contributed by atoms with E-state index < -0.39 is 42.4 Å². The number of nitriles is 1. The van der Waals surface area contributed by atoms with Crippen molar-refractivity contribution in [1.82, 2.24) is 9.55 Å². The first-order valence-electron chi connectivity index (χ1n) is 7.91. The van der Waals surface area contributed by atoms with Crippen LogP contribution in [0.4, 0.5) is 0 Å². The summed E-state index contributed by atoms with van der Waals surface area (Å²) >= 11 is 0. The maximum absolute atomic E-state index is 11.9. The van der Waals surface area contributed by atoms with E-state index in [1.54, 1.807) is 6.92 Å². The summed E-state index contributed by atoms with van der Waals surface area (Å²) in [4.78, 5) is 25.2. The van der Waals surface area contributed by atoms with E-state index in [0.717, 1.165) is 10.6 Å². The lowest BCUT2D eigenvalue weighted by atomic mass is 10.1. The third-order valence-electron chi connectivity index (χ3n) is 3.78. The Labute approximate surface area is 148 Å². The Morgan fingerprint density at radius 3 is 2.88 bits per heavy atom. The minimum atomic E-state index is -1.22. The van der Waals surface area contributed by atoms with Crippen LogP contribution in [-0.2, 0) is 18.9 Å². The Kier molecular flexibility index (Phi) is 7.46. The Morgan fingerprint density at radius 2 is 2.23 bits per heavy atom. The highest BCUT2D eigenvalue weighted by atomic mass is 16.7. The van der Waals surface area contributed by atoms with Gasteiger partial charge in [-0.15, -0.1) is 0 Å². The van der Waals surface area contributed by atoms with Crippen LogP contribution in [0.3, 0.4) is 0 Å². The summed E-state index contributed by atoms with van der Waals surface area (Å²) in [7, 11) is 0. The van der Waals surface area contributed by atoms with E-state index in [2.05, 4.69) is 4.98 Å². The molecule has 0 radical (unpaired) electrons. The minimum Gasteiger partial charge on any atom is -0.394 e. The average molecular weight is 371 g/mol. The van der Waals surface area contributed by atoms with Gasteiger partial charge in [0.2, 0.25) is 0 Å². The van der Waals surface area contributed by atoms with Crippen molar-refractivity contribution in [3.8, 4) is 6.07 Å². The van der Waals surface area contributed by atoms with Crippen molar-refractivity contribution in [1.29, 1.82) is 5.26 Å². The molecule has 26 heavy (non-hydrogen) atoms. The van der Waals surface area contributed by atoms with E-state index in [9.17, 15) is 19.8 Å². The van der Waals surface area contributed by atoms with Crippen molar-refractivity contribution in [2.45, 2.75) is 44.0 Å². The van der Waals surface area contributed by atoms with Crippen molar-refractivity contribution >= 4 is 0 Å². The third-order valence-corrected chi connectivity index (χ3v) is 3.78. The number of hydrogen-bond donors (Lipinski definition) is 3. The van der Waals surface area contributed by atoms with Gasteiger partial charge >= 0.3 is 5.69 Å². The first-order chi connectivity index (χ1) is 12.5. The van der Waals surface area contributed by atoms with Crippen molar-refractivity contribution < 1.29 is 29.2 Å². The van der Waals surface area contributed by atoms with Crippen molar-refractivity contribution in [2.75, 3.05) is 20.2 Å². The summed E-state index contributed by atoms with van der Waals surface area (Å²) < 4.78 is 22.3. The van der Waals surface area contributed by atoms with Crippen molar-refractivity contribution in [2.24, 2.45) is 0 Å². The largest absolute Gasteiger partial charge is 0.394 e. The fourth-order valence-electron chi connectivity index (χ4n) is 2.41. The third kappa shape index (κ3) is 4.98. The molecule has 2 rings (SSSR count). The second-order valence-corrected chi connectivity index (χ2v) is 5.67. The maximum atomic E-state index is 11.9. The molecule has 1 aromatic heterocycles. The molecule has 0 bridgehead atoms. The highest BCUT2D eigenvalue weighted by molar-refractivity contribution is 4.93. The average Bonchev–Trinajstić information content (AvgIpc) is 2.91. The van der Waals surface area contributed by atoms with E-state index in [4.69, 9.17) is 24.2 Å². The minimum absolute atomic E-state index is 0.126. The first kappa shape index (κ1) is 20.2. The van der Waals surface area contributed by atoms with Crippen LogP contribution >= 0.6 is 0 Å². The van der Waals surface area contributed by atoms with Gasteiger partial charge in [-0.3, -0.25) is 14.3 Å². The van der Waals surface area contributed by atoms with Crippen LogP contribution in [-0.4, -0.2) is 64.4 Å². The van der Waals surface area contributed by atoms with Gasteiger partial charge in [-0.05, 0) is 6.92 Å². The topological polar surface area (TPSA) is 156 Å². The van der Waals surface area contributed by atoms with E-state index in [1.807, 2.05) is 6.07 Å². The fraction of sp³-hybridized carbons (Fsp3) is 0.667. The van der Waals surface area contributed by atoms with E-state index in [-0.39, 0.29) is 26.1 Å². The number of ether oxygens (including phenoxy) is 4. The molecule has 1 aliphatic heterocycles. The molecule has 0 aromatic carbocycles. The molecule has 0 saturated carbocycles. The molecule has 0 amide bonds. The smallest absolute Gasteiger partial charge is 0.330 e. The summed E-state index contributed by atoms with van der Waals surface area (Å²) in [5, 5.41) is 28.0. The van der Waals surface area contributed by atoms with Crippen LogP contribution < -0.4 is 11.2 Å². The van der Waals surface area contributed by atoms with E-state index in [1.165, 1.54) is 6.20 Å². The van der Waals surface area contributed by atoms with E-state index in [0.29, 0.717) is 0 Å². The van der Waals surface area contributed by atoms with Crippen molar-refractivity contribution in [3.05, 3.63) is 33.1 Å². The van der Waals surface area contributed by atoms with Crippen LogP contribution in [0, 0.1) is 11.3 Å². The van der Waals surface area contributed by atoms with Crippen LogP contribution in [0.2, 0.25) is 0 Å². The Morgan fingerprint density at radius 1 is 1.46 bits per heavy atom. The number of aliphatic hydroxyl groups is 2. The molecule has 11 heteroatoms. The van der Waals surface area contributed by atoms with Gasteiger partial charge < -0.3 is 29.2 Å². The Bertz CT molecular complexity index is 727. The number of nitrogens with one attached hydrogen (secondary N) is 1. The number of nitrogens with zero attached hydrogens (tertiary/aromatic N) is 2. The predicted octanol–water partition coefficient (Wildman–Crippen LogP) is -1.58. The fourth-order valence-corrected chi connectivity index (χ4v) is 2.41. The lowest BCUT2D eigenvalue weighted by Gasteiger charge is -2.22. The molecule has 0 spiro atoms. The van der Waals surface area contributed by atoms with Gasteiger partial charge in [0, 0.05) is 12.3 Å². The molecule has 0 aliphatic carbocycles. The van der Waals surface area contributed by atoms with Gasteiger partial charge in [0.15, 0.2) is 6.23 Å². The number of aromatic nitrogens is 2. The summed E-state index contributed by atoms with van der Waals surface area (Å²) in [6.07, 6.45) is -3.13. The van der Waals surface area contributed by atoms with Gasteiger partial charge in [-0.25, -0.2) is 4.79 Å². The number of hydrogen-bond acceptors (Lipinski definition) is 9. The van der Waals surface area contributed by atoms with Gasteiger partial charge in [-0.1, -0.05) is 0 Å². The monoisotopic (exact) mass is 371 g/mol. The number of H-pyrrole nitrogens is 1. The molecule has 1 saturated heterocycles. The van der Waals surface area contributed by atoms with Crippen LogP contribution in [0.1, 0.15) is 19.6 Å². The Balaban J connectivity index is 1.98.